The van der Waals surface area contributed by atoms with Crippen LogP contribution in [0.15, 0.2) is 42.5 Å². The number of hydrogen-bond acceptors (Lipinski definition) is 4. The minimum atomic E-state index is -0.791. The van der Waals surface area contributed by atoms with Crippen LogP contribution in [0.3, 0.4) is 0 Å². The Morgan fingerprint density at radius 1 is 1.07 bits per heavy atom. The summed E-state index contributed by atoms with van der Waals surface area (Å²) >= 11 is 0. The van der Waals surface area contributed by atoms with Gasteiger partial charge in [-0.1, -0.05) is 6.92 Å². The van der Waals surface area contributed by atoms with Crippen molar-refractivity contribution in [2.75, 3.05) is 10.6 Å². The molecule has 2 aromatic rings. The summed E-state index contributed by atoms with van der Waals surface area (Å²) in [4.78, 5) is 35.6. The number of nitrogens with one attached hydrogen (secondary N) is 2. The van der Waals surface area contributed by atoms with Crippen LogP contribution in [-0.2, 0) is 9.59 Å². The average molecular weight is 370 g/mol. The first-order chi connectivity index (χ1) is 12.8. The molecule has 0 heterocycles. The SMILES string of the molecule is CC(=O)Nc1ccc(OC(=O)c2cc(F)ccc2NC(=O)C2CC2C)cc1. The topological polar surface area (TPSA) is 84.5 Å². The number of carbonyl (C=O) groups is 3. The number of amides is 2. The van der Waals surface area contributed by atoms with Crippen LogP contribution >= 0.6 is 0 Å². The zero-order valence-electron chi connectivity index (χ0n) is 14.9. The highest BCUT2D eigenvalue weighted by atomic mass is 19.1. The second-order valence-electron chi connectivity index (χ2n) is 6.59. The molecule has 2 atom stereocenters. The van der Waals surface area contributed by atoms with E-state index in [2.05, 4.69) is 10.6 Å². The van der Waals surface area contributed by atoms with Crippen molar-refractivity contribution in [3.05, 3.63) is 53.8 Å². The Hall–Kier alpha value is -3.22. The molecule has 1 fully saturated rings. The van der Waals surface area contributed by atoms with Gasteiger partial charge in [0.05, 0.1) is 11.3 Å². The molecule has 1 aliphatic rings. The van der Waals surface area contributed by atoms with Gasteiger partial charge in [-0.05, 0) is 54.8 Å². The molecule has 6 nitrogen and oxygen atoms in total. The first-order valence-corrected chi connectivity index (χ1v) is 8.53. The molecule has 0 bridgehead atoms. The Bertz CT molecular complexity index is 895. The summed E-state index contributed by atoms with van der Waals surface area (Å²) in [5, 5.41) is 5.27. The average Bonchev–Trinajstić information content (AvgIpc) is 3.34. The van der Waals surface area contributed by atoms with E-state index >= 15 is 0 Å². The van der Waals surface area contributed by atoms with Gasteiger partial charge in [-0.15, -0.1) is 0 Å². The zero-order chi connectivity index (χ0) is 19.6. The lowest BCUT2D eigenvalue weighted by molar-refractivity contribution is -0.117. The smallest absolute Gasteiger partial charge is 0.345 e. The number of carbonyl (C=O) groups excluding carboxylic acids is 3. The number of benzene rings is 2. The van der Waals surface area contributed by atoms with Gasteiger partial charge >= 0.3 is 5.97 Å². The second-order valence-corrected chi connectivity index (χ2v) is 6.59. The summed E-state index contributed by atoms with van der Waals surface area (Å²) in [6.45, 7) is 3.35. The van der Waals surface area contributed by atoms with E-state index < -0.39 is 11.8 Å². The standard InChI is InChI=1S/C20H19FN2O4/c1-11-9-16(11)19(25)23-18-8-3-13(21)10-17(18)20(26)27-15-6-4-14(5-7-15)22-12(2)24/h3-8,10-11,16H,9H2,1-2H3,(H,22,24)(H,23,25). The van der Waals surface area contributed by atoms with Gasteiger partial charge < -0.3 is 15.4 Å². The molecule has 7 heteroatoms. The van der Waals surface area contributed by atoms with E-state index in [1.165, 1.54) is 31.2 Å². The summed E-state index contributed by atoms with van der Waals surface area (Å²) in [7, 11) is 0. The van der Waals surface area contributed by atoms with Crippen LogP contribution < -0.4 is 15.4 Å². The van der Waals surface area contributed by atoms with E-state index in [4.69, 9.17) is 4.74 Å². The molecule has 1 aliphatic carbocycles. The fraction of sp³-hybridized carbons (Fsp3) is 0.250. The lowest BCUT2D eigenvalue weighted by atomic mass is 10.1. The Labute approximate surface area is 155 Å². The van der Waals surface area contributed by atoms with Crippen molar-refractivity contribution in [2.24, 2.45) is 11.8 Å². The molecule has 2 N–H and O–H groups in total. The third-order valence-electron chi connectivity index (χ3n) is 4.29. The summed E-state index contributed by atoms with van der Waals surface area (Å²) in [5.74, 6) is -1.36. The summed E-state index contributed by atoms with van der Waals surface area (Å²) in [5.41, 5.74) is 0.697. The molecular weight excluding hydrogens is 351 g/mol. The number of halogens is 1. The second kappa shape index (κ2) is 7.57. The molecule has 2 unspecified atom stereocenters. The lowest BCUT2D eigenvalue weighted by Crippen LogP contribution is -2.19. The van der Waals surface area contributed by atoms with Crippen LogP contribution in [0.1, 0.15) is 30.6 Å². The Kier molecular flexibility index (Phi) is 5.21. The molecule has 3 rings (SSSR count). The molecule has 2 aromatic carbocycles. The Balaban J connectivity index is 1.74. The van der Waals surface area contributed by atoms with Crippen LogP contribution in [-0.4, -0.2) is 17.8 Å². The van der Waals surface area contributed by atoms with Gasteiger partial charge in [0.2, 0.25) is 11.8 Å². The first-order valence-electron chi connectivity index (χ1n) is 8.53. The van der Waals surface area contributed by atoms with Crippen LogP contribution in [0.2, 0.25) is 0 Å². The van der Waals surface area contributed by atoms with Gasteiger partial charge in [-0.25, -0.2) is 9.18 Å². The molecule has 0 aromatic heterocycles. The molecule has 0 saturated heterocycles. The molecular formula is C20H19FN2O4. The van der Waals surface area contributed by atoms with Crippen molar-refractivity contribution in [2.45, 2.75) is 20.3 Å². The number of ether oxygens (including phenoxy) is 1. The van der Waals surface area contributed by atoms with E-state index in [1.54, 1.807) is 12.1 Å². The minimum Gasteiger partial charge on any atom is -0.423 e. The summed E-state index contributed by atoms with van der Waals surface area (Å²) < 4.78 is 18.9. The number of anilines is 2. The summed E-state index contributed by atoms with van der Waals surface area (Å²) in [6, 6.07) is 9.71. The molecule has 0 spiro atoms. The van der Waals surface area contributed by atoms with Gasteiger partial charge in [-0.2, -0.15) is 0 Å². The zero-order valence-corrected chi connectivity index (χ0v) is 14.9. The van der Waals surface area contributed by atoms with Gasteiger partial charge in [0.15, 0.2) is 0 Å². The molecule has 2 amide bonds. The third-order valence-corrected chi connectivity index (χ3v) is 4.29. The van der Waals surface area contributed by atoms with Crippen LogP contribution in [0.4, 0.5) is 15.8 Å². The van der Waals surface area contributed by atoms with E-state index in [1.807, 2.05) is 6.92 Å². The van der Waals surface area contributed by atoms with Crippen LogP contribution in [0, 0.1) is 17.7 Å². The maximum atomic E-state index is 13.6. The Morgan fingerprint density at radius 3 is 2.33 bits per heavy atom. The number of esters is 1. The monoisotopic (exact) mass is 370 g/mol. The van der Waals surface area contributed by atoms with E-state index in [-0.39, 0.29) is 34.7 Å². The minimum absolute atomic E-state index is 0.0670. The fourth-order valence-corrected chi connectivity index (χ4v) is 2.68. The van der Waals surface area contributed by atoms with E-state index in [0.717, 1.165) is 12.5 Å². The first kappa shape index (κ1) is 18.6. The Morgan fingerprint density at radius 2 is 1.74 bits per heavy atom. The number of rotatable bonds is 5. The van der Waals surface area contributed by atoms with E-state index in [9.17, 15) is 18.8 Å². The highest BCUT2D eigenvalue weighted by Gasteiger charge is 2.39. The molecule has 1 saturated carbocycles. The quantitative estimate of drug-likeness (QED) is 0.622. The third kappa shape index (κ3) is 4.69. The van der Waals surface area contributed by atoms with Crippen LogP contribution in [0.25, 0.3) is 0 Å². The van der Waals surface area contributed by atoms with Gasteiger partial charge in [0.1, 0.15) is 11.6 Å². The molecule has 140 valence electrons. The molecule has 0 radical (unpaired) electrons. The van der Waals surface area contributed by atoms with Crippen LogP contribution in [0.5, 0.6) is 5.75 Å². The van der Waals surface area contributed by atoms with Gasteiger partial charge in [0.25, 0.3) is 0 Å². The van der Waals surface area contributed by atoms with Crippen molar-refractivity contribution in [1.29, 1.82) is 0 Å². The maximum Gasteiger partial charge on any atom is 0.345 e. The van der Waals surface area contributed by atoms with Crippen molar-refractivity contribution in [1.82, 2.24) is 0 Å². The lowest BCUT2D eigenvalue weighted by Gasteiger charge is -2.11. The largest absolute Gasteiger partial charge is 0.423 e. The normalized spacial score (nSPS) is 17.7. The van der Waals surface area contributed by atoms with Gasteiger partial charge in [-0.3, -0.25) is 9.59 Å². The predicted molar refractivity (Wildman–Crippen MR) is 98.0 cm³/mol. The predicted octanol–water partition coefficient (Wildman–Crippen LogP) is 3.60. The van der Waals surface area contributed by atoms with E-state index in [0.29, 0.717) is 11.6 Å². The molecule has 27 heavy (non-hydrogen) atoms. The van der Waals surface area contributed by atoms with Crippen molar-refractivity contribution < 1.29 is 23.5 Å². The molecule has 0 aliphatic heterocycles. The summed E-state index contributed by atoms with van der Waals surface area (Å²) in [6.07, 6.45) is 0.799. The van der Waals surface area contributed by atoms with Crippen molar-refractivity contribution in [3.63, 3.8) is 0 Å². The van der Waals surface area contributed by atoms with Gasteiger partial charge in [0, 0.05) is 18.5 Å². The fourth-order valence-electron chi connectivity index (χ4n) is 2.68. The van der Waals surface area contributed by atoms with Crippen molar-refractivity contribution >= 4 is 29.2 Å². The number of hydrogen-bond donors (Lipinski definition) is 2. The highest BCUT2D eigenvalue weighted by Crippen LogP contribution is 2.38. The van der Waals surface area contributed by atoms with Crippen molar-refractivity contribution in [3.8, 4) is 5.75 Å². The maximum absolute atomic E-state index is 13.6. The highest BCUT2D eigenvalue weighted by molar-refractivity contribution is 6.03.